The summed E-state index contributed by atoms with van der Waals surface area (Å²) in [6, 6.07) is 10.6. The van der Waals surface area contributed by atoms with Gasteiger partial charge in [-0.05, 0) is 35.9 Å². The monoisotopic (exact) mass is 381 g/mol. The van der Waals surface area contributed by atoms with Crippen LogP contribution in [0.1, 0.15) is 16.8 Å². The Morgan fingerprint density at radius 2 is 1.77 bits per heavy atom. The molecule has 0 saturated heterocycles. The van der Waals surface area contributed by atoms with E-state index in [1.54, 1.807) is 6.07 Å². The fourth-order valence-corrected chi connectivity index (χ4v) is 4.34. The highest BCUT2D eigenvalue weighted by Gasteiger charge is 2.35. The summed E-state index contributed by atoms with van der Waals surface area (Å²) in [5.41, 5.74) is -1.18. The maximum atomic E-state index is 13.4. The minimum atomic E-state index is -4.69. The largest absolute Gasteiger partial charge is 0.417 e. The number of hydrogen-bond acceptors (Lipinski definition) is 3. The number of halogens is 3. The Labute approximate surface area is 147 Å². The molecular weight excluding hydrogens is 367 g/mol. The molecule has 1 aromatic heterocycles. The fourth-order valence-electron chi connectivity index (χ4n) is 2.80. The summed E-state index contributed by atoms with van der Waals surface area (Å²) in [4.78, 5) is -0.0928. The second-order valence-corrected chi connectivity index (χ2v) is 7.37. The van der Waals surface area contributed by atoms with Crippen LogP contribution < -0.4 is 0 Å². The van der Waals surface area contributed by atoms with E-state index >= 15 is 0 Å². The minimum Gasteiger partial charge on any atom is -0.390 e. The zero-order valence-electron chi connectivity index (χ0n) is 13.4. The van der Waals surface area contributed by atoms with Gasteiger partial charge in [-0.1, -0.05) is 30.9 Å². The zero-order chi connectivity index (χ0) is 19.1. The SMILES string of the molecule is C=Cc1cc(C(F)(F)F)c2cc(CO)n(S(=O)(=O)c3ccccc3)c2c1. The van der Waals surface area contributed by atoms with Gasteiger partial charge in [0.15, 0.2) is 0 Å². The first-order valence-electron chi connectivity index (χ1n) is 7.49. The summed E-state index contributed by atoms with van der Waals surface area (Å²) in [6.45, 7) is 2.73. The average Bonchev–Trinajstić information content (AvgIpc) is 2.99. The number of aliphatic hydroxyl groups is 1. The quantitative estimate of drug-likeness (QED) is 0.742. The maximum Gasteiger partial charge on any atom is 0.417 e. The molecule has 0 aliphatic carbocycles. The van der Waals surface area contributed by atoms with Crippen molar-refractivity contribution in [3.8, 4) is 0 Å². The smallest absolute Gasteiger partial charge is 0.390 e. The van der Waals surface area contributed by atoms with Crippen molar-refractivity contribution < 1.29 is 26.7 Å². The van der Waals surface area contributed by atoms with E-state index in [9.17, 15) is 26.7 Å². The molecule has 0 spiro atoms. The number of nitrogens with zero attached hydrogens (tertiary/aromatic N) is 1. The van der Waals surface area contributed by atoms with Crippen molar-refractivity contribution in [1.29, 1.82) is 0 Å². The lowest BCUT2D eigenvalue weighted by Gasteiger charge is -2.13. The van der Waals surface area contributed by atoms with Gasteiger partial charge < -0.3 is 5.11 Å². The zero-order valence-corrected chi connectivity index (χ0v) is 14.2. The van der Waals surface area contributed by atoms with E-state index in [0.717, 1.165) is 16.1 Å². The summed E-state index contributed by atoms with van der Waals surface area (Å²) in [6.07, 6.45) is -3.48. The first-order valence-corrected chi connectivity index (χ1v) is 8.93. The molecule has 0 unspecified atom stereocenters. The van der Waals surface area contributed by atoms with Gasteiger partial charge in [-0.15, -0.1) is 0 Å². The van der Waals surface area contributed by atoms with Crippen molar-refractivity contribution in [3.63, 3.8) is 0 Å². The van der Waals surface area contributed by atoms with Gasteiger partial charge in [-0.2, -0.15) is 13.2 Å². The van der Waals surface area contributed by atoms with E-state index in [4.69, 9.17) is 0 Å². The van der Waals surface area contributed by atoms with Gasteiger partial charge in [0.05, 0.1) is 28.3 Å². The molecule has 0 radical (unpaired) electrons. The summed E-state index contributed by atoms with van der Waals surface area (Å²) in [7, 11) is -4.20. The molecule has 136 valence electrons. The normalized spacial score (nSPS) is 12.5. The molecule has 4 nitrogen and oxygen atoms in total. The summed E-state index contributed by atoms with van der Waals surface area (Å²) >= 11 is 0. The van der Waals surface area contributed by atoms with Crippen LogP contribution in [-0.2, 0) is 22.8 Å². The Morgan fingerprint density at radius 3 is 2.31 bits per heavy atom. The third-order valence-electron chi connectivity index (χ3n) is 3.96. The van der Waals surface area contributed by atoms with Crippen molar-refractivity contribution in [2.45, 2.75) is 17.7 Å². The predicted molar refractivity (Wildman–Crippen MR) is 92.0 cm³/mol. The van der Waals surface area contributed by atoms with Crippen LogP contribution in [0, 0.1) is 0 Å². The third-order valence-corrected chi connectivity index (χ3v) is 5.74. The maximum absolute atomic E-state index is 13.4. The first kappa shape index (κ1) is 18.2. The topological polar surface area (TPSA) is 59.3 Å². The summed E-state index contributed by atoms with van der Waals surface area (Å²) < 4.78 is 67.1. The molecule has 0 aliphatic rings. The van der Waals surface area contributed by atoms with Crippen molar-refractivity contribution in [3.05, 3.63) is 71.9 Å². The van der Waals surface area contributed by atoms with Gasteiger partial charge in [0, 0.05) is 5.39 Å². The van der Waals surface area contributed by atoms with Crippen LogP contribution in [0.5, 0.6) is 0 Å². The van der Waals surface area contributed by atoms with Gasteiger partial charge in [0.2, 0.25) is 0 Å². The molecule has 3 aromatic rings. The molecule has 2 aromatic carbocycles. The van der Waals surface area contributed by atoms with Crippen LogP contribution in [0.3, 0.4) is 0 Å². The van der Waals surface area contributed by atoms with Crippen LogP contribution in [0.15, 0.2) is 60.0 Å². The number of aliphatic hydroxyl groups excluding tert-OH is 1. The molecule has 26 heavy (non-hydrogen) atoms. The molecule has 0 amide bonds. The van der Waals surface area contributed by atoms with Crippen molar-refractivity contribution in [2.24, 2.45) is 0 Å². The van der Waals surface area contributed by atoms with Gasteiger partial charge in [-0.3, -0.25) is 0 Å². The Bertz CT molecular complexity index is 1080. The standard InChI is InChI=1S/C18H14F3NO3S/c1-2-12-8-16(18(19,20)21)15-10-13(11-23)22(17(15)9-12)26(24,25)14-6-4-3-5-7-14/h2-10,23H,1,11H2. The third kappa shape index (κ3) is 2.91. The second kappa shape index (κ2) is 6.30. The molecule has 0 fully saturated rings. The van der Waals surface area contributed by atoms with Crippen LogP contribution in [0.25, 0.3) is 17.0 Å². The lowest BCUT2D eigenvalue weighted by molar-refractivity contribution is -0.136. The summed E-state index contributed by atoms with van der Waals surface area (Å²) in [5, 5.41) is 9.26. The van der Waals surface area contributed by atoms with E-state index in [1.807, 2.05) is 0 Å². The minimum absolute atomic E-state index is 0.0928. The van der Waals surface area contributed by atoms with Gasteiger partial charge in [-0.25, -0.2) is 12.4 Å². The number of alkyl halides is 3. The number of aromatic nitrogens is 1. The first-order chi connectivity index (χ1) is 12.2. The molecule has 8 heteroatoms. The van der Waals surface area contributed by atoms with E-state index in [0.29, 0.717) is 0 Å². The lowest BCUT2D eigenvalue weighted by atomic mass is 10.1. The fraction of sp³-hybridized carbons (Fsp3) is 0.111. The second-order valence-electron chi connectivity index (χ2n) is 5.58. The van der Waals surface area contributed by atoms with Gasteiger partial charge >= 0.3 is 6.18 Å². The molecular formula is C18H14F3NO3S. The highest BCUT2D eigenvalue weighted by atomic mass is 32.2. The predicted octanol–water partition coefficient (Wildman–Crippen LogP) is 4.03. The van der Waals surface area contributed by atoms with Crippen molar-refractivity contribution >= 4 is 27.0 Å². The van der Waals surface area contributed by atoms with Crippen LogP contribution in [-0.4, -0.2) is 17.5 Å². The lowest BCUT2D eigenvalue weighted by Crippen LogP contribution is -2.16. The van der Waals surface area contributed by atoms with Gasteiger partial charge in [0.1, 0.15) is 0 Å². The summed E-state index contributed by atoms with van der Waals surface area (Å²) in [5.74, 6) is 0. The molecule has 0 aliphatic heterocycles. The molecule has 0 saturated carbocycles. The molecule has 0 atom stereocenters. The van der Waals surface area contributed by atoms with E-state index in [-0.39, 0.29) is 27.1 Å². The van der Waals surface area contributed by atoms with E-state index in [1.165, 1.54) is 36.4 Å². The van der Waals surface area contributed by atoms with E-state index in [2.05, 4.69) is 6.58 Å². The molecule has 3 rings (SSSR count). The average molecular weight is 381 g/mol. The Morgan fingerprint density at radius 1 is 1.12 bits per heavy atom. The Kier molecular flexibility index (Phi) is 4.41. The molecule has 1 heterocycles. The number of hydrogen-bond donors (Lipinski definition) is 1. The molecule has 0 bridgehead atoms. The van der Waals surface area contributed by atoms with E-state index < -0.39 is 28.4 Å². The van der Waals surface area contributed by atoms with Crippen LogP contribution in [0.2, 0.25) is 0 Å². The molecule has 1 N–H and O–H groups in total. The van der Waals surface area contributed by atoms with Crippen LogP contribution >= 0.6 is 0 Å². The number of rotatable bonds is 4. The highest BCUT2D eigenvalue weighted by molar-refractivity contribution is 7.90. The number of benzene rings is 2. The van der Waals surface area contributed by atoms with Gasteiger partial charge in [0.25, 0.3) is 10.0 Å². The Hall–Kier alpha value is -2.58. The van der Waals surface area contributed by atoms with Crippen molar-refractivity contribution in [1.82, 2.24) is 3.97 Å². The number of fused-ring (bicyclic) bond motifs is 1. The Balaban J connectivity index is 2.45. The van der Waals surface area contributed by atoms with Crippen LogP contribution in [0.4, 0.5) is 13.2 Å². The highest BCUT2D eigenvalue weighted by Crippen LogP contribution is 2.38. The van der Waals surface area contributed by atoms with Crippen molar-refractivity contribution in [2.75, 3.05) is 0 Å².